The van der Waals surface area contributed by atoms with Crippen LogP contribution >= 0.6 is 23.2 Å². The molecule has 0 spiro atoms. The highest BCUT2D eigenvalue weighted by molar-refractivity contribution is 6.42. The number of ether oxygens (including phenoxy) is 1. The van der Waals surface area contributed by atoms with E-state index in [1.807, 2.05) is 38.1 Å². The number of rotatable bonds is 5. The van der Waals surface area contributed by atoms with Gasteiger partial charge in [0.15, 0.2) is 0 Å². The van der Waals surface area contributed by atoms with Gasteiger partial charge in [-0.15, -0.1) is 0 Å². The SMILES string of the molecule is CCC(N)C(Oc1cccc(Cl)c1Cl)c1cccc(C)c1. The Hall–Kier alpha value is -1.22. The minimum Gasteiger partial charge on any atom is -0.482 e. The molecule has 0 aromatic heterocycles. The molecule has 2 aromatic carbocycles. The van der Waals surface area contributed by atoms with Crippen molar-refractivity contribution in [2.75, 3.05) is 0 Å². The first-order valence-corrected chi connectivity index (χ1v) is 7.71. The van der Waals surface area contributed by atoms with Gasteiger partial charge in [0.05, 0.1) is 5.02 Å². The molecular formula is C17H19Cl2NO. The van der Waals surface area contributed by atoms with Crippen LogP contribution in [0, 0.1) is 6.92 Å². The van der Waals surface area contributed by atoms with Crippen LogP contribution in [0.5, 0.6) is 5.75 Å². The summed E-state index contributed by atoms with van der Waals surface area (Å²) in [4.78, 5) is 0. The number of hydrogen-bond donors (Lipinski definition) is 1. The molecule has 2 atom stereocenters. The monoisotopic (exact) mass is 323 g/mol. The quantitative estimate of drug-likeness (QED) is 0.824. The van der Waals surface area contributed by atoms with Crippen LogP contribution in [0.1, 0.15) is 30.6 Å². The van der Waals surface area contributed by atoms with Gasteiger partial charge in [-0.05, 0) is 31.0 Å². The minimum absolute atomic E-state index is 0.123. The van der Waals surface area contributed by atoms with Crippen molar-refractivity contribution >= 4 is 23.2 Å². The molecule has 0 aliphatic carbocycles. The Morgan fingerprint density at radius 3 is 2.52 bits per heavy atom. The van der Waals surface area contributed by atoms with Crippen LogP contribution in [0.15, 0.2) is 42.5 Å². The summed E-state index contributed by atoms with van der Waals surface area (Å²) in [6.07, 6.45) is 0.544. The third-order valence-corrected chi connectivity index (χ3v) is 4.20. The summed E-state index contributed by atoms with van der Waals surface area (Å²) in [5.74, 6) is 0.555. The summed E-state index contributed by atoms with van der Waals surface area (Å²) in [6, 6.07) is 13.4. The molecule has 0 saturated carbocycles. The second kappa shape index (κ2) is 7.17. The lowest BCUT2D eigenvalue weighted by Gasteiger charge is -2.25. The standard InChI is InChI=1S/C17H19Cl2NO/c1-3-14(20)17(12-7-4-6-11(2)10-12)21-15-9-5-8-13(18)16(15)19/h4-10,14,17H,3,20H2,1-2H3. The third kappa shape index (κ3) is 3.91. The molecule has 0 fully saturated rings. The Morgan fingerprint density at radius 1 is 1.14 bits per heavy atom. The second-order valence-electron chi connectivity index (χ2n) is 5.08. The summed E-state index contributed by atoms with van der Waals surface area (Å²) < 4.78 is 6.08. The smallest absolute Gasteiger partial charge is 0.140 e. The summed E-state index contributed by atoms with van der Waals surface area (Å²) >= 11 is 12.2. The van der Waals surface area contributed by atoms with Crippen LogP contribution in [0.4, 0.5) is 0 Å². The largest absolute Gasteiger partial charge is 0.482 e. The first kappa shape index (κ1) is 16.2. The van der Waals surface area contributed by atoms with Gasteiger partial charge in [-0.25, -0.2) is 0 Å². The topological polar surface area (TPSA) is 35.2 Å². The van der Waals surface area contributed by atoms with E-state index in [9.17, 15) is 0 Å². The Labute approximate surface area is 135 Å². The van der Waals surface area contributed by atoms with E-state index in [-0.39, 0.29) is 12.1 Å². The molecule has 112 valence electrons. The van der Waals surface area contributed by atoms with Gasteiger partial charge in [-0.3, -0.25) is 0 Å². The second-order valence-corrected chi connectivity index (χ2v) is 5.86. The fourth-order valence-corrected chi connectivity index (χ4v) is 2.51. The van der Waals surface area contributed by atoms with Gasteiger partial charge in [0.2, 0.25) is 0 Å². The molecule has 0 amide bonds. The van der Waals surface area contributed by atoms with E-state index in [0.717, 1.165) is 12.0 Å². The predicted molar refractivity (Wildman–Crippen MR) is 89.3 cm³/mol. The Kier molecular flexibility index (Phi) is 5.51. The zero-order valence-corrected chi connectivity index (χ0v) is 13.7. The van der Waals surface area contributed by atoms with Gasteiger partial charge < -0.3 is 10.5 Å². The Morgan fingerprint density at radius 2 is 1.86 bits per heavy atom. The lowest BCUT2D eigenvalue weighted by atomic mass is 9.99. The molecule has 2 nitrogen and oxygen atoms in total. The predicted octanol–water partition coefficient (Wildman–Crippen LogP) is 5.16. The van der Waals surface area contributed by atoms with Gasteiger partial charge in [0.25, 0.3) is 0 Å². The van der Waals surface area contributed by atoms with Gasteiger partial charge in [-0.1, -0.05) is 66.0 Å². The van der Waals surface area contributed by atoms with Gasteiger partial charge in [0.1, 0.15) is 16.9 Å². The van der Waals surface area contributed by atoms with Crippen LogP contribution in [-0.4, -0.2) is 6.04 Å². The molecule has 0 saturated heterocycles. The van der Waals surface area contributed by atoms with E-state index in [2.05, 4.69) is 6.07 Å². The molecule has 2 unspecified atom stereocenters. The molecule has 0 heterocycles. The lowest BCUT2D eigenvalue weighted by Crippen LogP contribution is -2.31. The minimum atomic E-state index is -0.258. The summed E-state index contributed by atoms with van der Waals surface area (Å²) in [7, 11) is 0. The van der Waals surface area contributed by atoms with Crippen LogP contribution in [0.3, 0.4) is 0 Å². The van der Waals surface area contributed by atoms with Crippen molar-refractivity contribution in [1.29, 1.82) is 0 Å². The normalized spacial score (nSPS) is 13.8. The van der Waals surface area contributed by atoms with E-state index in [1.165, 1.54) is 5.56 Å². The molecule has 0 aliphatic heterocycles. The maximum Gasteiger partial charge on any atom is 0.140 e. The number of hydrogen-bond acceptors (Lipinski definition) is 2. The fraction of sp³-hybridized carbons (Fsp3) is 0.294. The molecule has 2 rings (SSSR count). The van der Waals surface area contributed by atoms with Crippen molar-refractivity contribution in [3.63, 3.8) is 0 Å². The maximum atomic E-state index is 6.23. The molecule has 21 heavy (non-hydrogen) atoms. The van der Waals surface area contributed by atoms with Gasteiger partial charge >= 0.3 is 0 Å². The van der Waals surface area contributed by atoms with E-state index in [1.54, 1.807) is 12.1 Å². The van der Waals surface area contributed by atoms with Crippen molar-refractivity contribution in [2.24, 2.45) is 5.73 Å². The van der Waals surface area contributed by atoms with E-state index in [0.29, 0.717) is 15.8 Å². The third-order valence-electron chi connectivity index (χ3n) is 3.40. The Bertz CT molecular complexity index is 615. The molecule has 2 N–H and O–H groups in total. The molecular weight excluding hydrogens is 305 g/mol. The Balaban J connectivity index is 2.35. The molecule has 0 bridgehead atoms. The van der Waals surface area contributed by atoms with Crippen molar-refractivity contribution < 1.29 is 4.74 Å². The molecule has 2 aromatic rings. The molecule has 0 radical (unpaired) electrons. The average Bonchev–Trinajstić information content (AvgIpc) is 2.48. The maximum absolute atomic E-state index is 6.23. The first-order chi connectivity index (χ1) is 10.0. The first-order valence-electron chi connectivity index (χ1n) is 6.95. The summed E-state index contributed by atoms with van der Waals surface area (Å²) in [5.41, 5.74) is 8.44. The van der Waals surface area contributed by atoms with E-state index < -0.39 is 0 Å². The lowest BCUT2D eigenvalue weighted by molar-refractivity contribution is 0.171. The zero-order valence-electron chi connectivity index (χ0n) is 12.1. The van der Waals surface area contributed by atoms with E-state index >= 15 is 0 Å². The van der Waals surface area contributed by atoms with Crippen molar-refractivity contribution in [3.05, 3.63) is 63.6 Å². The zero-order chi connectivity index (χ0) is 15.4. The highest BCUT2D eigenvalue weighted by Crippen LogP contribution is 2.35. The molecule has 4 heteroatoms. The molecule has 0 aliphatic rings. The fourth-order valence-electron chi connectivity index (χ4n) is 2.18. The number of benzene rings is 2. The van der Waals surface area contributed by atoms with Crippen molar-refractivity contribution in [2.45, 2.75) is 32.4 Å². The number of halogens is 2. The number of aryl methyl sites for hydroxylation is 1. The van der Waals surface area contributed by atoms with Crippen LogP contribution in [0.2, 0.25) is 10.0 Å². The average molecular weight is 324 g/mol. The van der Waals surface area contributed by atoms with Crippen molar-refractivity contribution in [1.82, 2.24) is 0 Å². The van der Waals surface area contributed by atoms with Crippen molar-refractivity contribution in [3.8, 4) is 5.75 Å². The highest BCUT2D eigenvalue weighted by Gasteiger charge is 2.22. The van der Waals surface area contributed by atoms with Crippen LogP contribution < -0.4 is 10.5 Å². The summed E-state index contributed by atoms with van der Waals surface area (Å²) in [5, 5.41) is 0.891. The van der Waals surface area contributed by atoms with Crippen LogP contribution in [0.25, 0.3) is 0 Å². The summed E-state index contributed by atoms with van der Waals surface area (Å²) in [6.45, 7) is 4.08. The van der Waals surface area contributed by atoms with Crippen LogP contribution in [-0.2, 0) is 0 Å². The van der Waals surface area contributed by atoms with E-state index in [4.69, 9.17) is 33.7 Å². The number of nitrogens with two attached hydrogens (primary N) is 1. The van der Waals surface area contributed by atoms with Gasteiger partial charge in [0, 0.05) is 6.04 Å². The van der Waals surface area contributed by atoms with Gasteiger partial charge in [-0.2, -0.15) is 0 Å². The highest BCUT2D eigenvalue weighted by atomic mass is 35.5.